The lowest BCUT2D eigenvalue weighted by Gasteiger charge is -2.38. The lowest BCUT2D eigenvalue weighted by molar-refractivity contribution is -0.137. The highest BCUT2D eigenvalue weighted by atomic mass is 32.2. The first-order valence-electron chi connectivity index (χ1n) is 12.6. The summed E-state index contributed by atoms with van der Waals surface area (Å²) in [6.07, 6.45) is 2.84. The van der Waals surface area contributed by atoms with E-state index in [-0.39, 0.29) is 24.2 Å². The van der Waals surface area contributed by atoms with Crippen molar-refractivity contribution >= 4 is 28.7 Å². The van der Waals surface area contributed by atoms with Gasteiger partial charge in [0.05, 0.1) is 11.6 Å². The largest absolute Gasteiger partial charge is 0.416 e. The molecular formula is C26H32F3N3O2S. The van der Waals surface area contributed by atoms with Crippen molar-refractivity contribution < 1.29 is 22.8 Å². The van der Waals surface area contributed by atoms with E-state index in [9.17, 15) is 22.8 Å². The Morgan fingerprint density at radius 3 is 2.46 bits per heavy atom. The highest BCUT2D eigenvalue weighted by Crippen LogP contribution is 2.48. The Morgan fingerprint density at radius 1 is 1.14 bits per heavy atom. The monoisotopic (exact) mass is 507 g/mol. The third kappa shape index (κ3) is 5.11. The van der Waals surface area contributed by atoms with Crippen LogP contribution in [-0.2, 0) is 22.2 Å². The number of rotatable bonds is 5. The Morgan fingerprint density at radius 2 is 1.86 bits per heavy atom. The number of nitrogens with one attached hydrogen (secondary N) is 1. The first kappa shape index (κ1) is 24.7. The molecule has 2 amide bonds. The maximum atomic E-state index is 12.9. The lowest BCUT2D eigenvalue weighted by atomic mass is 9.84. The van der Waals surface area contributed by atoms with Gasteiger partial charge in [-0.25, -0.2) is 0 Å². The van der Waals surface area contributed by atoms with Crippen LogP contribution in [0.15, 0.2) is 29.3 Å². The van der Waals surface area contributed by atoms with E-state index in [1.165, 1.54) is 31.4 Å². The van der Waals surface area contributed by atoms with Gasteiger partial charge in [0.25, 0.3) is 0 Å². The number of likely N-dealkylation sites (tertiary alicyclic amines) is 1. The van der Waals surface area contributed by atoms with E-state index >= 15 is 0 Å². The molecule has 0 radical (unpaired) electrons. The topological polar surface area (TPSA) is 61.8 Å². The standard InChI is InChI=1S/C26H32F3N3O2S/c1-25(23(34)31-24(35-25)30-21-15-17-2-6-18(21)14-17)19-10-12-32(13-11-19)22(33)9-5-16-3-7-20(8-4-16)26(27,28)29/h3-4,7-8,17-19,21H,2,5-6,9-15H2,1H3,(H,30,31,34)/t17-,18+,21+,25?/m1/s1. The summed E-state index contributed by atoms with van der Waals surface area (Å²) < 4.78 is 37.6. The minimum Gasteiger partial charge on any atom is -0.343 e. The van der Waals surface area contributed by atoms with Gasteiger partial charge >= 0.3 is 6.18 Å². The van der Waals surface area contributed by atoms with E-state index in [4.69, 9.17) is 4.99 Å². The Balaban J connectivity index is 1.11. The molecule has 2 bridgehead atoms. The normalized spacial score (nSPS) is 32.5. The molecule has 1 aromatic rings. The number of fused-ring (bicyclic) bond motifs is 2. The molecule has 5 nitrogen and oxygen atoms in total. The fourth-order valence-electron chi connectivity index (χ4n) is 6.29. The molecule has 1 unspecified atom stereocenters. The molecule has 1 aromatic carbocycles. The van der Waals surface area contributed by atoms with Gasteiger partial charge in [-0.3, -0.25) is 14.6 Å². The van der Waals surface area contributed by atoms with Crippen LogP contribution in [-0.4, -0.2) is 45.8 Å². The number of aliphatic imine (C=N–C) groups is 1. The zero-order valence-corrected chi connectivity index (χ0v) is 20.8. The van der Waals surface area contributed by atoms with Crippen LogP contribution in [0.2, 0.25) is 0 Å². The number of hydrogen-bond acceptors (Lipinski definition) is 4. The minimum atomic E-state index is -4.35. The van der Waals surface area contributed by atoms with E-state index in [0.717, 1.165) is 48.0 Å². The SMILES string of the molecule is CC1(C2CCN(C(=O)CCc3ccc(C(F)(F)F)cc3)CC2)SC(=N[C@H]2C[C@@H]3CC[C@H]2C3)NC1=O. The van der Waals surface area contributed by atoms with Crippen LogP contribution in [0.1, 0.15) is 63.0 Å². The van der Waals surface area contributed by atoms with Gasteiger partial charge in [-0.2, -0.15) is 13.2 Å². The summed E-state index contributed by atoms with van der Waals surface area (Å²) in [5.74, 6) is 1.68. The number of halogens is 3. The zero-order valence-electron chi connectivity index (χ0n) is 19.9. The van der Waals surface area contributed by atoms with Crippen molar-refractivity contribution in [3.05, 3.63) is 35.4 Å². The van der Waals surface area contributed by atoms with Crippen molar-refractivity contribution in [1.82, 2.24) is 10.2 Å². The first-order valence-corrected chi connectivity index (χ1v) is 13.5. The number of benzene rings is 1. The summed E-state index contributed by atoms with van der Waals surface area (Å²) in [6.45, 7) is 3.20. The molecule has 9 heteroatoms. The van der Waals surface area contributed by atoms with Crippen LogP contribution < -0.4 is 5.32 Å². The van der Waals surface area contributed by atoms with Crippen LogP contribution in [0, 0.1) is 17.8 Å². The van der Waals surface area contributed by atoms with E-state index in [0.29, 0.717) is 31.5 Å². The van der Waals surface area contributed by atoms with Crippen LogP contribution in [0.3, 0.4) is 0 Å². The number of aryl methyl sites for hydroxylation is 1. The molecule has 4 fully saturated rings. The van der Waals surface area contributed by atoms with Crippen molar-refractivity contribution in [1.29, 1.82) is 0 Å². The van der Waals surface area contributed by atoms with E-state index in [1.807, 2.05) is 11.8 Å². The molecule has 0 spiro atoms. The van der Waals surface area contributed by atoms with Crippen molar-refractivity contribution in [2.75, 3.05) is 13.1 Å². The summed E-state index contributed by atoms with van der Waals surface area (Å²) >= 11 is 1.57. The predicted octanol–water partition coefficient (Wildman–Crippen LogP) is 5.04. The average molecular weight is 508 g/mol. The van der Waals surface area contributed by atoms with Gasteiger partial charge in [0.2, 0.25) is 11.8 Å². The van der Waals surface area contributed by atoms with Gasteiger partial charge in [-0.15, -0.1) is 0 Å². The van der Waals surface area contributed by atoms with E-state index in [1.54, 1.807) is 11.8 Å². The van der Waals surface area contributed by atoms with Gasteiger partial charge in [-0.05, 0) is 80.9 Å². The summed E-state index contributed by atoms with van der Waals surface area (Å²) in [7, 11) is 0. The van der Waals surface area contributed by atoms with Gasteiger partial charge in [0.15, 0.2) is 5.17 Å². The molecular weight excluding hydrogens is 475 g/mol. The van der Waals surface area contributed by atoms with Crippen LogP contribution in [0.5, 0.6) is 0 Å². The van der Waals surface area contributed by atoms with Crippen LogP contribution in [0.25, 0.3) is 0 Å². The lowest BCUT2D eigenvalue weighted by Crippen LogP contribution is -2.47. The second-order valence-corrected chi connectivity index (χ2v) is 12.1. The average Bonchev–Trinajstić information content (AvgIpc) is 3.52. The molecule has 2 saturated carbocycles. The molecule has 2 aliphatic heterocycles. The summed E-state index contributed by atoms with van der Waals surface area (Å²) in [5.41, 5.74) is 0.0377. The smallest absolute Gasteiger partial charge is 0.343 e. The first-order chi connectivity index (χ1) is 16.6. The van der Waals surface area contributed by atoms with Gasteiger partial charge in [0.1, 0.15) is 4.75 Å². The Labute approximate surface area is 208 Å². The molecule has 4 aliphatic rings. The van der Waals surface area contributed by atoms with Gasteiger partial charge in [-0.1, -0.05) is 30.3 Å². The Bertz CT molecular complexity index is 1000. The molecule has 2 heterocycles. The third-order valence-corrected chi connectivity index (χ3v) is 9.84. The van der Waals surface area contributed by atoms with Crippen molar-refractivity contribution in [3.63, 3.8) is 0 Å². The number of carbonyl (C=O) groups is 2. The molecule has 0 aromatic heterocycles. The number of carbonyl (C=O) groups excluding carboxylic acids is 2. The zero-order chi connectivity index (χ0) is 24.8. The molecule has 2 saturated heterocycles. The third-order valence-electron chi connectivity index (χ3n) is 8.50. The second kappa shape index (κ2) is 9.45. The predicted molar refractivity (Wildman–Crippen MR) is 130 cm³/mol. The summed E-state index contributed by atoms with van der Waals surface area (Å²) in [6, 6.07) is 5.35. The summed E-state index contributed by atoms with van der Waals surface area (Å²) in [5, 5.41) is 3.81. The molecule has 1 N–H and O–H groups in total. The molecule has 4 atom stereocenters. The maximum Gasteiger partial charge on any atom is 0.416 e. The molecule has 190 valence electrons. The van der Waals surface area contributed by atoms with Gasteiger partial charge < -0.3 is 10.2 Å². The van der Waals surface area contributed by atoms with E-state index < -0.39 is 16.5 Å². The molecule has 35 heavy (non-hydrogen) atoms. The highest BCUT2D eigenvalue weighted by Gasteiger charge is 2.50. The Hall–Kier alpha value is -2.03. The number of piperidine rings is 1. The molecule has 5 rings (SSSR count). The number of hydrogen-bond donors (Lipinski definition) is 1. The number of thioether (sulfide) groups is 1. The highest BCUT2D eigenvalue weighted by molar-refractivity contribution is 8.16. The molecule has 2 aliphatic carbocycles. The van der Waals surface area contributed by atoms with Crippen LogP contribution >= 0.6 is 11.8 Å². The maximum absolute atomic E-state index is 12.9. The van der Waals surface area contributed by atoms with Crippen molar-refractivity contribution in [2.24, 2.45) is 22.7 Å². The summed E-state index contributed by atoms with van der Waals surface area (Å²) in [4.78, 5) is 32.4. The number of amides is 2. The van der Waals surface area contributed by atoms with Crippen LogP contribution in [0.4, 0.5) is 13.2 Å². The fourth-order valence-corrected chi connectivity index (χ4v) is 7.57. The fraction of sp³-hybridized carbons (Fsp3) is 0.654. The second-order valence-electron chi connectivity index (χ2n) is 10.7. The minimum absolute atomic E-state index is 0.00978. The van der Waals surface area contributed by atoms with Crippen molar-refractivity contribution in [2.45, 2.75) is 75.3 Å². The quantitative estimate of drug-likeness (QED) is 0.607. The number of nitrogens with zero attached hydrogens (tertiary/aromatic N) is 2. The number of amidine groups is 1. The Kier molecular flexibility index (Phi) is 6.66. The number of alkyl halides is 3. The van der Waals surface area contributed by atoms with Crippen molar-refractivity contribution in [3.8, 4) is 0 Å². The van der Waals surface area contributed by atoms with E-state index in [2.05, 4.69) is 5.32 Å². The van der Waals surface area contributed by atoms with Gasteiger partial charge in [0, 0.05) is 19.5 Å².